The van der Waals surface area contributed by atoms with E-state index in [1.165, 1.54) is 0 Å². The summed E-state index contributed by atoms with van der Waals surface area (Å²) in [6.45, 7) is 3.40. The Morgan fingerprint density at radius 2 is 2.07 bits per heavy atom. The van der Waals surface area contributed by atoms with E-state index in [1.807, 2.05) is 4.57 Å². The molecule has 86 valence electrons. The fourth-order valence-corrected chi connectivity index (χ4v) is 1.45. The highest BCUT2D eigenvalue weighted by atomic mass is 16.5. The van der Waals surface area contributed by atoms with Gasteiger partial charge in [-0.3, -0.25) is 0 Å². The van der Waals surface area contributed by atoms with Crippen molar-refractivity contribution in [3.8, 4) is 0 Å². The average molecular weight is 213 g/mol. The molecule has 0 fully saturated rings. The molecule has 0 radical (unpaired) electrons. The number of unbranched alkanes of at least 4 members (excludes halogenated alkanes) is 1. The maximum Gasteiger partial charge on any atom is 0.158 e. The number of ether oxygens (including phenoxy) is 1. The lowest BCUT2D eigenvalue weighted by Crippen LogP contribution is -2.11. The zero-order valence-corrected chi connectivity index (χ0v) is 9.44. The molecule has 0 aliphatic rings. The normalized spacial score (nSPS) is 10.9. The van der Waals surface area contributed by atoms with Gasteiger partial charge in [-0.25, -0.2) is 0 Å². The summed E-state index contributed by atoms with van der Waals surface area (Å²) in [7, 11) is 1.66. The molecule has 0 aliphatic heterocycles. The van der Waals surface area contributed by atoms with Crippen LogP contribution in [0.3, 0.4) is 0 Å². The van der Waals surface area contributed by atoms with Gasteiger partial charge in [-0.15, -0.1) is 10.2 Å². The van der Waals surface area contributed by atoms with Gasteiger partial charge in [-0.2, -0.15) is 0 Å². The molecule has 0 aliphatic carbocycles. The first-order chi connectivity index (χ1) is 7.33. The highest BCUT2D eigenvalue weighted by Gasteiger charge is 2.09. The molecule has 0 atom stereocenters. The maximum absolute atomic E-state index is 9.09. The fraction of sp³-hybridized carbons (Fsp3) is 0.800. The minimum atomic E-state index is -0.0666. The maximum atomic E-state index is 9.09. The van der Waals surface area contributed by atoms with Crippen molar-refractivity contribution in [1.29, 1.82) is 0 Å². The third kappa shape index (κ3) is 3.28. The molecule has 0 aromatic carbocycles. The van der Waals surface area contributed by atoms with Crippen molar-refractivity contribution >= 4 is 0 Å². The lowest BCUT2D eigenvalue weighted by molar-refractivity contribution is 0.181. The minimum Gasteiger partial charge on any atom is -0.388 e. The molecule has 0 saturated heterocycles. The van der Waals surface area contributed by atoms with Gasteiger partial charge in [0.25, 0.3) is 0 Å². The van der Waals surface area contributed by atoms with Gasteiger partial charge in [-0.05, 0) is 6.42 Å². The van der Waals surface area contributed by atoms with Crippen molar-refractivity contribution in [2.45, 2.75) is 39.3 Å². The Labute approximate surface area is 90.1 Å². The van der Waals surface area contributed by atoms with Crippen molar-refractivity contribution in [1.82, 2.24) is 14.8 Å². The number of nitrogens with zero attached hydrogens (tertiary/aromatic N) is 3. The van der Waals surface area contributed by atoms with Crippen LogP contribution in [0.2, 0.25) is 0 Å². The summed E-state index contributed by atoms with van der Waals surface area (Å²) in [5.74, 6) is 1.57. The summed E-state index contributed by atoms with van der Waals surface area (Å²) < 4.78 is 6.96. The summed E-state index contributed by atoms with van der Waals surface area (Å²) in [4.78, 5) is 0. The van der Waals surface area contributed by atoms with Gasteiger partial charge in [0, 0.05) is 20.1 Å². The van der Waals surface area contributed by atoms with E-state index in [4.69, 9.17) is 9.84 Å². The second-order valence-electron chi connectivity index (χ2n) is 3.44. The number of hydrogen-bond donors (Lipinski definition) is 1. The topological polar surface area (TPSA) is 60.2 Å². The quantitative estimate of drug-likeness (QED) is 0.726. The van der Waals surface area contributed by atoms with Gasteiger partial charge >= 0.3 is 0 Å². The number of aliphatic hydroxyl groups excluding tert-OH is 1. The molecule has 0 saturated carbocycles. The molecule has 1 heterocycles. The van der Waals surface area contributed by atoms with Gasteiger partial charge < -0.3 is 14.4 Å². The van der Waals surface area contributed by atoms with Crippen LogP contribution >= 0.6 is 0 Å². The highest BCUT2D eigenvalue weighted by Crippen LogP contribution is 2.06. The Morgan fingerprint density at radius 3 is 2.67 bits per heavy atom. The number of rotatable bonds is 7. The molecule has 15 heavy (non-hydrogen) atoms. The van der Waals surface area contributed by atoms with E-state index in [2.05, 4.69) is 17.1 Å². The highest BCUT2D eigenvalue weighted by molar-refractivity contribution is 4.95. The van der Waals surface area contributed by atoms with E-state index in [0.29, 0.717) is 19.0 Å². The first-order valence-electron chi connectivity index (χ1n) is 5.34. The molecule has 1 rings (SSSR count). The van der Waals surface area contributed by atoms with E-state index < -0.39 is 0 Å². The van der Waals surface area contributed by atoms with Crippen LogP contribution < -0.4 is 0 Å². The van der Waals surface area contributed by atoms with Crippen LogP contribution in [0, 0.1) is 0 Å². The van der Waals surface area contributed by atoms with Crippen LogP contribution in [0.1, 0.15) is 31.4 Å². The van der Waals surface area contributed by atoms with E-state index in [9.17, 15) is 0 Å². The number of methoxy groups -OCH3 is 1. The van der Waals surface area contributed by atoms with E-state index in [1.54, 1.807) is 7.11 Å². The average Bonchev–Trinajstić information content (AvgIpc) is 2.65. The summed E-state index contributed by atoms with van der Waals surface area (Å²) in [5, 5.41) is 17.1. The van der Waals surface area contributed by atoms with Crippen LogP contribution in [-0.2, 0) is 24.3 Å². The number of aromatic nitrogens is 3. The molecule has 0 unspecified atom stereocenters. The Bertz CT molecular complexity index is 286. The van der Waals surface area contributed by atoms with Crippen molar-refractivity contribution < 1.29 is 9.84 Å². The largest absolute Gasteiger partial charge is 0.388 e. The van der Waals surface area contributed by atoms with Crippen LogP contribution in [0.5, 0.6) is 0 Å². The van der Waals surface area contributed by atoms with Gasteiger partial charge in [0.15, 0.2) is 5.82 Å². The number of aliphatic hydroxyl groups is 1. The summed E-state index contributed by atoms with van der Waals surface area (Å²) in [6, 6.07) is 0. The molecule has 0 bridgehead atoms. The van der Waals surface area contributed by atoms with Gasteiger partial charge in [0.05, 0.1) is 6.61 Å². The van der Waals surface area contributed by atoms with Gasteiger partial charge in [0.2, 0.25) is 0 Å². The van der Waals surface area contributed by atoms with Crippen LogP contribution in [0.15, 0.2) is 0 Å². The smallest absolute Gasteiger partial charge is 0.158 e. The number of aryl methyl sites for hydroxylation is 1. The number of hydrogen-bond acceptors (Lipinski definition) is 4. The standard InChI is InChI=1S/C10H19N3O2/c1-3-4-5-9-11-12-10(8-14)13(9)6-7-15-2/h14H,3-8H2,1-2H3. The molecule has 5 nitrogen and oxygen atoms in total. The molecule has 5 heteroatoms. The first-order valence-corrected chi connectivity index (χ1v) is 5.34. The predicted octanol–water partition coefficient (Wildman–Crippen LogP) is 0.759. The van der Waals surface area contributed by atoms with Crippen molar-refractivity contribution in [2.75, 3.05) is 13.7 Å². The third-order valence-corrected chi connectivity index (χ3v) is 2.32. The van der Waals surface area contributed by atoms with Crippen LogP contribution in [0.4, 0.5) is 0 Å². The molecule has 1 aromatic heterocycles. The van der Waals surface area contributed by atoms with Gasteiger partial charge in [-0.1, -0.05) is 13.3 Å². The summed E-state index contributed by atoms with van der Waals surface area (Å²) in [5.41, 5.74) is 0. The van der Waals surface area contributed by atoms with Crippen molar-refractivity contribution in [2.24, 2.45) is 0 Å². The Morgan fingerprint density at radius 1 is 1.33 bits per heavy atom. The Kier molecular flexibility index (Phi) is 5.28. The SMILES string of the molecule is CCCCc1nnc(CO)n1CCOC. The molecule has 1 N–H and O–H groups in total. The first kappa shape index (κ1) is 12.1. The van der Waals surface area contributed by atoms with Crippen molar-refractivity contribution in [3.63, 3.8) is 0 Å². The van der Waals surface area contributed by atoms with E-state index >= 15 is 0 Å². The molecular weight excluding hydrogens is 194 g/mol. The van der Waals surface area contributed by atoms with Crippen LogP contribution in [-0.4, -0.2) is 33.6 Å². The summed E-state index contributed by atoms with van der Waals surface area (Å²) >= 11 is 0. The lowest BCUT2D eigenvalue weighted by atomic mass is 10.2. The monoisotopic (exact) mass is 213 g/mol. The van der Waals surface area contributed by atoms with E-state index in [-0.39, 0.29) is 6.61 Å². The zero-order chi connectivity index (χ0) is 11.1. The molecule has 0 spiro atoms. The third-order valence-electron chi connectivity index (χ3n) is 2.32. The minimum absolute atomic E-state index is 0.0666. The second kappa shape index (κ2) is 6.53. The molecular formula is C10H19N3O2. The molecule has 0 amide bonds. The summed E-state index contributed by atoms with van der Waals surface area (Å²) in [6.07, 6.45) is 3.13. The van der Waals surface area contributed by atoms with Crippen molar-refractivity contribution in [3.05, 3.63) is 11.6 Å². The second-order valence-corrected chi connectivity index (χ2v) is 3.44. The Balaban J connectivity index is 2.70. The zero-order valence-electron chi connectivity index (χ0n) is 9.44. The molecule has 1 aromatic rings. The predicted molar refractivity (Wildman–Crippen MR) is 56.4 cm³/mol. The van der Waals surface area contributed by atoms with Gasteiger partial charge in [0.1, 0.15) is 12.4 Å². The van der Waals surface area contributed by atoms with Crippen LogP contribution in [0.25, 0.3) is 0 Å². The fourth-order valence-electron chi connectivity index (χ4n) is 1.45. The van der Waals surface area contributed by atoms with E-state index in [0.717, 1.165) is 25.1 Å². The lowest BCUT2D eigenvalue weighted by Gasteiger charge is -2.07. The Hall–Kier alpha value is -0.940.